The number of hydrogen-bond acceptors (Lipinski definition) is 5. The number of thioether (sulfide) groups is 1. The van der Waals surface area contributed by atoms with Crippen LogP contribution in [0, 0.1) is 6.92 Å². The molecule has 0 spiro atoms. The molecule has 2 heterocycles. The van der Waals surface area contributed by atoms with Gasteiger partial charge in [-0.05, 0) is 68.7 Å². The summed E-state index contributed by atoms with van der Waals surface area (Å²) in [6.45, 7) is 4.64. The lowest BCUT2D eigenvalue weighted by Crippen LogP contribution is -2.39. The third kappa shape index (κ3) is 4.93. The lowest BCUT2D eigenvalue weighted by molar-refractivity contribution is -0.124. The number of aromatic nitrogens is 2. The van der Waals surface area contributed by atoms with Crippen LogP contribution in [-0.2, 0) is 4.79 Å². The van der Waals surface area contributed by atoms with Crippen LogP contribution < -0.4 is 4.74 Å². The molecule has 2 aromatic carbocycles. The second kappa shape index (κ2) is 10.4. The van der Waals surface area contributed by atoms with Gasteiger partial charge in [0.2, 0.25) is 0 Å². The van der Waals surface area contributed by atoms with E-state index in [9.17, 15) is 4.79 Å². The molecule has 35 heavy (non-hydrogen) atoms. The highest BCUT2D eigenvalue weighted by molar-refractivity contribution is 8.26. The number of amides is 1. The summed E-state index contributed by atoms with van der Waals surface area (Å²) in [5.74, 6) is 0.891. The van der Waals surface area contributed by atoms with E-state index in [2.05, 4.69) is 6.07 Å². The van der Waals surface area contributed by atoms with Gasteiger partial charge in [0, 0.05) is 23.4 Å². The van der Waals surface area contributed by atoms with Crippen LogP contribution in [0.4, 0.5) is 0 Å². The molecule has 7 heteroatoms. The second-order valence-electron chi connectivity index (χ2n) is 8.97. The maximum Gasteiger partial charge on any atom is 0.266 e. The van der Waals surface area contributed by atoms with E-state index in [1.54, 1.807) is 0 Å². The minimum atomic E-state index is 0.0215. The van der Waals surface area contributed by atoms with Gasteiger partial charge in [-0.3, -0.25) is 9.69 Å². The predicted octanol–water partition coefficient (Wildman–Crippen LogP) is 6.78. The topological polar surface area (TPSA) is 47.4 Å². The quantitative estimate of drug-likeness (QED) is 0.274. The number of aryl methyl sites for hydroxylation is 1. The minimum absolute atomic E-state index is 0.0215. The fourth-order valence-electron chi connectivity index (χ4n) is 4.82. The Bertz CT molecular complexity index is 1280. The number of nitrogens with zero attached hydrogens (tertiary/aromatic N) is 3. The molecule has 0 bridgehead atoms. The molecular formula is C28H29N3O2S2. The third-order valence-corrected chi connectivity index (χ3v) is 7.89. The van der Waals surface area contributed by atoms with E-state index >= 15 is 0 Å². The molecule has 1 aromatic heterocycles. The van der Waals surface area contributed by atoms with Gasteiger partial charge in [-0.25, -0.2) is 4.68 Å². The first-order valence-corrected chi connectivity index (χ1v) is 13.4. The van der Waals surface area contributed by atoms with Gasteiger partial charge in [0.25, 0.3) is 5.91 Å². The zero-order chi connectivity index (χ0) is 24.4. The van der Waals surface area contributed by atoms with Crippen LogP contribution in [0.5, 0.6) is 5.75 Å². The fraction of sp³-hybridized carbons (Fsp3) is 0.321. The van der Waals surface area contributed by atoms with Gasteiger partial charge in [-0.2, -0.15) is 5.10 Å². The molecule has 180 valence electrons. The first-order chi connectivity index (χ1) is 17.0. The molecule has 1 aliphatic carbocycles. The van der Waals surface area contributed by atoms with Gasteiger partial charge in [0.05, 0.1) is 17.2 Å². The number of carbonyl (C=O) groups excluding carboxylic acids is 1. The Morgan fingerprint density at radius 2 is 1.91 bits per heavy atom. The third-order valence-electron chi connectivity index (χ3n) is 6.56. The SMILES string of the molecule is CCOc1ccc(-c2nn(-c3ccccc3)cc2/C=C2\SC(=S)N(C3CCCCC3)C2=O)cc1C. The van der Waals surface area contributed by atoms with Crippen molar-refractivity contribution in [2.75, 3.05) is 6.61 Å². The second-order valence-corrected chi connectivity index (χ2v) is 10.6. The molecule has 0 atom stereocenters. The van der Waals surface area contributed by atoms with E-state index in [4.69, 9.17) is 22.1 Å². The van der Waals surface area contributed by atoms with Gasteiger partial charge in [0.1, 0.15) is 15.8 Å². The van der Waals surface area contributed by atoms with E-state index < -0.39 is 0 Å². The van der Waals surface area contributed by atoms with Crippen molar-refractivity contribution in [3.8, 4) is 22.7 Å². The standard InChI is InChI=1S/C28H29N3O2S2/c1-3-33-24-15-14-20(16-19(24)2)26-21(18-30(29-26)22-10-6-4-7-11-22)17-25-27(32)31(28(34)35-25)23-12-8-5-9-13-23/h4,6-7,10-11,14-18,23H,3,5,8-9,12-13H2,1-2H3/b25-17-. The number of hydrogen-bond donors (Lipinski definition) is 0. The predicted molar refractivity (Wildman–Crippen MR) is 147 cm³/mol. The Labute approximate surface area is 216 Å². The average Bonchev–Trinajstić information content (AvgIpc) is 3.42. The molecule has 0 N–H and O–H groups in total. The Hall–Kier alpha value is -2.90. The number of thiocarbonyl (C=S) groups is 1. The summed E-state index contributed by atoms with van der Waals surface area (Å²) < 4.78 is 8.27. The van der Waals surface area contributed by atoms with Crippen molar-refractivity contribution in [1.82, 2.24) is 14.7 Å². The van der Waals surface area contributed by atoms with Gasteiger partial charge < -0.3 is 4.74 Å². The monoisotopic (exact) mass is 503 g/mol. The Kier molecular flexibility index (Phi) is 7.07. The van der Waals surface area contributed by atoms with Crippen LogP contribution >= 0.6 is 24.0 Å². The summed E-state index contributed by atoms with van der Waals surface area (Å²) in [5.41, 5.74) is 4.71. The van der Waals surface area contributed by atoms with Crippen LogP contribution in [-0.4, -0.2) is 37.6 Å². The normalized spacial score (nSPS) is 18.0. The Morgan fingerprint density at radius 1 is 1.14 bits per heavy atom. The van der Waals surface area contributed by atoms with Crippen molar-refractivity contribution in [2.45, 2.75) is 52.0 Å². The van der Waals surface area contributed by atoms with Crippen LogP contribution in [0.15, 0.2) is 59.6 Å². The van der Waals surface area contributed by atoms with Gasteiger partial charge in [0.15, 0.2) is 0 Å². The molecular weight excluding hydrogens is 474 g/mol. The van der Waals surface area contributed by atoms with E-state index in [0.717, 1.165) is 59.5 Å². The summed E-state index contributed by atoms with van der Waals surface area (Å²) in [6, 6.07) is 16.3. The number of para-hydroxylation sites is 1. The largest absolute Gasteiger partial charge is 0.494 e. The number of rotatable bonds is 6. The number of ether oxygens (including phenoxy) is 1. The van der Waals surface area contributed by atoms with Gasteiger partial charge in [-0.15, -0.1) is 0 Å². The zero-order valence-electron chi connectivity index (χ0n) is 20.1. The summed E-state index contributed by atoms with van der Waals surface area (Å²) >= 11 is 7.05. The molecule has 1 saturated heterocycles. The van der Waals surface area contributed by atoms with Crippen molar-refractivity contribution in [3.05, 3.63) is 70.8 Å². The molecule has 0 radical (unpaired) electrons. The maximum atomic E-state index is 13.4. The van der Waals surface area contributed by atoms with Crippen LogP contribution in [0.3, 0.4) is 0 Å². The number of carbonyl (C=O) groups is 1. The lowest BCUT2D eigenvalue weighted by Gasteiger charge is -2.29. The van der Waals surface area contributed by atoms with E-state index in [-0.39, 0.29) is 11.9 Å². The smallest absolute Gasteiger partial charge is 0.266 e. The molecule has 2 fully saturated rings. The summed E-state index contributed by atoms with van der Waals surface area (Å²) in [7, 11) is 0. The molecule has 5 nitrogen and oxygen atoms in total. The lowest BCUT2D eigenvalue weighted by atomic mass is 9.94. The van der Waals surface area contributed by atoms with Crippen molar-refractivity contribution >= 4 is 40.3 Å². The van der Waals surface area contributed by atoms with Crippen molar-refractivity contribution in [1.29, 1.82) is 0 Å². The highest BCUT2D eigenvalue weighted by atomic mass is 32.2. The number of benzene rings is 2. The van der Waals surface area contributed by atoms with Gasteiger partial charge in [-0.1, -0.05) is 61.4 Å². The molecule has 5 rings (SSSR count). The summed E-state index contributed by atoms with van der Waals surface area (Å²) in [5, 5.41) is 4.93. The first kappa shape index (κ1) is 23.8. The highest BCUT2D eigenvalue weighted by Gasteiger charge is 2.37. The Balaban J connectivity index is 1.54. The molecule has 1 aliphatic heterocycles. The molecule has 1 amide bonds. The van der Waals surface area contributed by atoms with E-state index in [1.807, 2.05) is 78.2 Å². The maximum absolute atomic E-state index is 13.4. The van der Waals surface area contributed by atoms with E-state index in [1.165, 1.54) is 18.2 Å². The average molecular weight is 504 g/mol. The van der Waals surface area contributed by atoms with E-state index in [0.29, 0.717) is 15.8 Å². The first-order valence-electron chi connectivity index (χ1n) is 12.2. The van der Waals surface area contributed by atoms with Crippen molar-refractivity contribution in [2.24, 2.45) is 0 Å². The molecule has 2 aliphatic rings. The fourth-order valence-corrected chi connectivity index (χ4v) is 6.21. The summed E-state index contributed by atoms with van der Waals surface area (Å²) in [4.78, 5) is 15.9. The zero-order valence-corrected chi connectivity index (χ0v) is 21.7. The van der Waals surface area contributed by atoms with Gasteiger partial charge >= 0.3 is 0 Å². The van der Waals surface area contributed by atoms with Crippen molar-refractivity contribution < 1.29 is 9.53 Å². The summed E-state index contributed by atoms with van der Waals surface area (Å²) in [6.07, 6.45) is 9.56. The Morgan fingerprint density at radius 3 is 2.63 bits per heavy atom. The van der Waals surface area contributed by atoms with Crippen LogP contribution in [0.1, 0.15) is 50.2 Å². The minimum Gasteiger partial charge on any atom is -0.494 e. The molecule has 0 unspecified atom stereocenters. The molecule has 3 aromatic rings. The van der Waals surface area contributed by atoms with Crippen LogP contribution in [0.2, 0.25) is 0 Å². The van der Waals surface area contributed by atoms with Crippen molar-refractivity contribution in [3.63, 3.8) is 0 Å². The molecule has 1 saturated carbocycles. The van der Waals surface area contributed by atoms with Crippen LogP contribution in [0.25, 0.3) is 23.0 Å². The highest BCUT2D eigenvalue weighted by Crippen LogP contribution is 2.39.